The lowest BCUT2D eigenvalue weighted by molar-refractivity contribution is -0.141. The number of hydrogen-bond donors (Lipinski definition) is 2. The van der Waals surface area contributed by atoms with Crippen molar-refractivity contribution < 1.29 is 18.0 Å². The van der Waals surface area contributed by atoms with Gasteiger partial charge in [-0.05, 0) is 57.2 Å². The molecule has 32 heavy (non-hydrogen) atoms. The summed E-state index contributed by atoms with van der Waals surface area (Å²) in [6.45, 7) is 9.36. The highest BCUT2D eigenvalue weighted by atomic mass is 32.2. The van der Waals surface area contributed by atoms with Crippen molar-refractivity contribution in [1.29, 1.82) is 0 Å². The topological polar surface area (TPSA) is 95.6 Å². The first-order chi connectivity index (χ1) is 15.0. The maximum atomic E-state index is 13.2. The first-order valence-corrected chi connectivity index (χ1v) is 13.1. The van der Waals surface area contributed by atoms with Crippen LogP contribution >= 0.6 is 11.3 Å². The van der Waals surface area contributed by atoms with Gasteiger partial charge in [-0.15, -0.1) is 11.3 Å². The number of nitrogens with one attached hydrogen (secondary N) is 2. The van der Waals surface area contributed by atoms with Crippen LogP contribution < -0.4 is 10.0 Å². The molecule has 0 radical (unpaired) electrons. The second-order valence-electron chi connectivity index (χ2n) is 8.39. The maximum Gasteiger partial charge on any atom is 0.243 e. The maximum absolute atomic E-state index is 13.2. The van der Waals surface area contributed by atoms with Crippen LogP contribution in [0.5, 0.6) is 0 Å². The van der Waals surface area contributed by atoms with Crippen LogP contribution in [0.3, 0.4) is 0 Å². The lowest BCUT2D eigenvalue weighted by atomic mass is 10.0. The van der Waals surface area contributed by atoms with Crippen LogP contribution in [-0.2, 0) is 26.2 Å². The van der Waals surface area contributed by atoms with Crippen molar-refractivity contribution in [3.8, 4) is 0 Å². The predicted octanol–water partition coefficient (Wildman–Crippen LogP) is 3.45. The fourth-order valence-corrected chi connectivity index (χ4v) is 4.73. The van der Waals surface area contributed by atoms with Gasteiger partial charge in [0.2, 0.25) is 21.8 Å². The second-order valence-corrected chi connectivity index (χ2v) is 11.2. The summed E-state index contributed by atoms with van der Waals surface area (Å²) in [7, 11) is -3.85. The number of rotatable bonds is 11. The number of carbonyl (C=O) groups excluding carboxylic acids is 2. The number of aryl methyl sites for hydroxylation is 1. The fourth-order valence-electron chi connectivity index (χ4n) is 3.05. The number of thiophene rings is 1. The number of hydrogen-bond acceptors (Lipinski definition) is 5. The van der Waals surface area contributed by atoms with Gasteiger partial charge in [0, 0.05) is 10.4 Å². The van der Waals surface area contributed by atoms with E-state index in [0.29, 0.717) is 6.42 Å². The quantitative estimate of drug-likeness (QED) is 0.516. The van der Waals surface area contributed by atoms with Crippen molar-refractivity contribution in [3.63, 3.8) is 0 Å². The molecule has 0 saturated carbocycles. The summed E-state index contributed by atoms with van der Waals surface area (Å²) in [4.78, 5) is 28.7. The molecule has 0 aliphatic rings. The van der Waals surface area contributed by atoms with Crippen molar-refractivity contribution in [2.24, 2.45) is 0 Å². The summed E-state index contributed by atoms with van der Waals surface area (Å²) in [5.41, 5.74) is 0.531. The van der Waals surface area contributed by atoms with E-state index in [4.69, 9.17) is 0 Å². The first kappa shape index (κ1) is 26.0. The molecular formula is C23H33N3O4S2. The van der Waals surface area contributed by atoms with Gasteiger partial charge in [0.25, 0.3) is 0 Å². The van der Waals surface area contributed by atoms with E-state index in [1.54, 1.807) is 12.1 Å². The van der Waals surface area contributed by atoms with Gasteiger partial charge < -0.3 is 10.2 Å². The van der Waals surface area contributed by atoms with E-state index in [9.17, 15) is 18.0 Å². The lowest BCUT2D eigenvalue weighted by Crippen LogP contribution is -2.55. The van der Waals surface area contributed by atoms with Crippen molar-refractivity contribution in [3.05, 3.63) is 52.2 Å². The molecule has 0 bridgehead atoms. The normalized spacial score (nSPS) is 12.9. The minimum absolute atomic E-state index is 0.0928. The highest BCUT2D eigenvalue weighted by Crippen LogP contribution is 2.18. The standard InChI is InChI=1S/C23H33N3O4S2/c1-6-20(22(28)25-23(4,5)7-2)26(16-18-9-8-14-31-18)21(27)15-24-32(29,30)19-12-10-17(3)11-13-19/h8-14,20,24H,6-7,15-16H2,1-5H3,(H,25,28). The highest BCUT2D eigenvalue weighted by Gasteiger charge is 2.32. The molecule has 0 fully saturated rings. The summed E-state index contributed by atoms with van der Waals surface area (Å²) in [6.07, 6.45) is 1.15. The Balaban J connectivity index is 2.21. The van der Waals surface area contributed by atoms with E-state index in [-0.39, 0.29) is 17.3 Å². The second kappa shape index (κ2) is 11.1. The zero-order valence-corrected chi connectivity index (χ0v) is 21.0. The molecule has 2 aromatic rings. The van der Waals surface area contributed by atoms with Gasteiger partial charge in [0.05, 0.1) is 18.0 Å². The van der Waals surface area contributed by atoms with Gasteiger partial charge in [0.15, 0.2) is 0 Å². The Kier molecular flexibility index (Phi) is 9.00. The molecule has 0 saturated heterocycles. The minimum Gasteiger partial charge on any atom is -0.349 e. The Morgan fingerprint density at radius 1 is 1.12 bits per heavy atom. The molecule has 1 unspecified atom stereocenters. The smallest absolute Gasteiger partial charge is 0.243 e. The van der Waals surface area contributed by atoms with Crippen LogP contribution in [-0.4, -0.2) is 43.3 Å². The summed E-state index contributed by atoms with van der Waals surface area (Å²) in [5, 5.41) is 4.91. The Morgan fingerprint density at radius 2 is 1.78 bits per heavy atom. The minimum atomic E-state index is -3.85. The number of nitrogens with zero attached hydrogens (tertiary/aromatic N) is 1. The first-order valence-electron chi connectivity index (χ1n) is 10.7. The van der Waals surface area contributed by atoms with Crippen LogP contribution in [0.15, 0.2) is 46.7 Å². The Hall–Kier alpha value is -2.23. The Labute approximate surface area is 195 Å². The summed E-state index contributed by atoms with van der Waals surface area (Å²) >= 11 is 1.48. The Morgan fingerprint density at radius 3 is 2.31 bits per heavy atom. The molecule has 0 aliphatic heterocycles. The molecule has 1 aromatic heterocycles. The molecule has 1 atom stereocenters. The van der Waals surface area contributed by atoms with E-state index in [2.05, 4.69) is 10.0 Å². The van der Waals surface area contributed by atoms with Gasteiger partial charge >= 0.3 is 0 Å². The van der Waals surface area contributed by atoms with Crippen LogP contribution in [0.25, 0.3) is 0 Å². The number of benzene rings is 1. The van der Waals surface area contributed by atoms with Crippen molar-refractivity contribution in [2.75, 3.05) is 6.54 Å². The third-order valence-electron chi connectivity index (χ3n) is 5.38. The highest BCUT2D eigenvalue weighted by molar-refractivity contribution is 7.89. The van der Waals surface area contributed by atoms with Gasteiger partial charge in [-0.1, -0.05) is 37.6 Å². The van der Waals surface area contributed by atoms with E-state index in [1.165, 1.54) is 28.4 Å². The van der Waals surface area contributed by atoms with Crippen molar-refractivity contribution >= 4 is 33.2 Å². The molecule has 1 heterocycles. The molecule has 2 N–H and O–H groups in total. The predicted molar refractivity (Wildman–Crippen MR) is 128 cm³/mol. The fraction of sp³-hybridized carbons (Fsp3) is 0.478. The molecule has 0 aliphatic carbocycles. The third-order valence-corrected chi connectivity index (χ3v) is 7.66. The van der Waals surface area contributed by atoms with Gasteiger partial charge in [-0.2, -0.15) is 0 Å². The van der Waals surface area contributed by atoms with Crippen LogP contribution in [0.2, 0.25) is 0 Å². The largest absolute Gasteiger partial charge is 0.349 e. The Bertz CT molecular complexity index is 1000. The molecular weight excluding hydrogens is 446 g/mol. The molecule has 2 rings (SSSR count). The van der Waals surface area contributed by atoms with Crippen LogP contribution in [0.4, 0.5) is 0 Å². The molecule has 1 aromatic carbocycles. The number of carbonyl (C=O) groups is 2. The molecule has 0 spiro atoms. The van der Waals surface area contributed by atoms with Crippen LogP contribution in [0.1, 0.15) is 51.0 Å². The van der Waals surface area contributed by atoms with Gasteiger partial charge in [-0.3, -0.25) is 9.59 Å². The number of sulfonamides is 1. The third kappa shape index (κ3) is 7.15. The monoisotopic (exact) mass is 479 g/mol. The summed E-state index contributed by atoms with van der Waals surface area (Å²) < 4.78 is 27.6. The van der Waals surface area contributed by atoms with Crippen LogP contribution in [0, 0.1) is 6.92 Å². The average molecular weight is 480 g/mol. The zero-order chi connectivity index (χ0) is 23.9. The molecule has 9 heteroatoms. The van der Waals surface area contributed by atoms with E-state index >= 15 is 0 Å². The molecule has 176 valence electrons. The van der Waals surface area contributed by atoms with E-state index in [0.717, 1.165) is 16.9 Å². The SMILES string of the molecule is CCC(C(=O)NC(C)(C)CC)N(Cc1cccs1)C(=O)CNS(=O)(=O)c1ccc(C)cc1. The van der Waals surface area contributed by atoms with Crippen molar-refractivity contribution in [2.45, 2.75) is 70.5 Å². The molecule has 7 nitrogen and oxygen atoms in total. The number of amides is 2. The van der Waals surface area contributed by atoms with E-state index < -0.39 is 34.1 Å². The van der Waals surface area contributed by atoms with Gasteiger partial charge in [-0.25, -0.2) is 13.1 Å². The summed E-state index contributed by atoms with van der Waals surface area (Å²) in [5.74, 6) is -0.698. The van der Waals surface area contributed by atoms with E-state index in [1.807, 2.05) is 52.1 Å². The summed E-state index contributed by atoms with van der Waals surface area (Å²) in [6, 6.07) is 9.46. The average Bonchev–Trinajstić information content (AvgIpc) is 3.25. The van der Waals surface area contributed by atoms with Gasteiger partial charge in [0.1, 0.15) is 6.04 Å². The zero-order valence-electron chi connectivity index (χ0n) is 19.3. The lowest BCUT2D eigenvalue weighted by Gasteiger charge is -2.33. The van der Waals surface area contributed by atoms with Crippen molar-refractivity contribution in [1.82, 2.24) is 14.9 Å². The molecule has 2 amide bonds.